The van der Waals surface area contributed by atoms with E-state index in [1.54, 1.807) is 17.5 Å². The van der Waals surface area contributed by atoms with Crippen LogP contribution in [0.15, 0.2) is 29.8 Å². The molecule has 0 bridgehead atoms. The quantitative estimate of drug-likeness (QED) is 0.833. The predicted molar refractivity (Wildman–Crippen MR) is 76.5 cm³/mol. The first-order chi connectivity index (χ1) is 8.18. The standard InChI is InChI=1S/C12H13N3S2/c1-8-4-6-17-10(8)7-15-9-3-2-5-14-11(9)12(13)16/h2-6,15H,7H2,1H3,(H2,13,16). The smallest absolute Gasteiger partial charge is 0.124 e. The molecule has 0 aliphatic heterocycles. The van der Waals surface area contributed by atoms with Gasteiger partial charge in [0, 0.05) is 17.6 Å². The van der Waals surface area contributed by atoms with Crippen molar-refractivity contribution < 1.29 is 0 Å². The molecule has 2 heterocycles. The van der Waals surface area contributed by atoms with Gasteiger partial charge in [0.25, 0.3) is 0 Å². The van der Waals surface area contributed by atoms with Crippen LogP contribution in [0, 0.1) is 6.92 Å². The summed E-state index contributed by atoms with van der Waals surface area (Å²) in [6.07, 6.45) is 1.69. The van der Waals surface area contributed by atoms with Crippen LogP contribution in [0.5, 0.6) is 0 Å². The summed E-state index contributed by atoms with van der Waals surface area (Å²) in [5.41, 5.74) is 8.45. The Labute approximate surface area is 110 Å². The van der Waals surface area contributed by atoms with E-state index in [2.05, 4.69) is 28.7 Å². The second kappa shape index (κ2) is 5.25. The molecule has 0 amide bonds. The predicted octanol–water partition coefficient (Wildman–Crippen LogP) is 2.70. The first kappa shape index (κ1) is 12.0. The van der Waals surface area contributed by atoms with E-state index in [0.717, 1.165) is 12.2 Å². The Morgan fingerprint density at radius 2 is 2.35 bits per heavy atom. The van der Waals surface area contributed by atoms with E-state index in [1.807, 2.05) is 12.1 Å². The van der Waals surface area contributed by atoms with E-state index in [9.17, 15) is 0 Å². The van der Waals surface area contributed by atoms with Gasteiger partial charge in [-0.05, 0) is 36.1 Å². The molecule has 0 aliphatic rings. The lowest BCUT2D eigenvalue weighted by atomic mass is 10.2. The molecule has 17 heavy (non-hydrogen) atoms. The number of rotatable bonds is 4. The van der Waals surface area contributed by atoms with Crippen LogP contribution in [0.2, 0.25) is 0 Å². The van der Waals surface area contributed by atoms with Crippen LogP contribution in [0.4, 0.5) is 5.69 Å². The van der Waals surface area contributed by atoms with Crippen LogP contribution in [0.1, 0.15) is 16.1 Å². The summed E-state index contributed by atoms with van der Waals surface area (Å²) in [5, 5.41) is 5.41. The highest BCUT2D eigenvalue weighted by atomic mass is 32.1. The van der Waals surface area contributed by atoms with Crippen molar-refractivity contribution in [2.75, 3.05) is 5.32 Å². The lowest BCUT2D eigenvalue weighted by Gasteiger charge is -2.09. The molecule has 0 saturated heterocycles. The number of pyridine rings is 1. The number of anilines is 1. The minimum Gasteiger partial charge on any atom is -0.388 e. The molecule has 3 N–H and O–H groups in total. The van der Waals surface area contributed by atoms with Gasteiger partial charge in [-0.1, -0.05) is 12.2 Å². The largest absolute Gasteiger partial charge is 0.388 e. The van der Waals surface area contributed by atoms with Crippen molar-refractivity contribution in [2.24, 2.45) is 5.73 Å². The fourth-order valence-corrected chi connectivity index (χ4v) is 2.51. The Bertz CT molecular complexity index is 534. The topological polar surface area (TPSA) is 50.9 Å². The molecule has 0 unspecified atom stereocenters. The van der Waals surface area contributed by atoms with Crippen LogP contribution in [-0.4, -0.2) is 9.97 Å². The first-order valence-electron chi connectivity index (χ1n) is 5.20. The molecule has 2 aromatic rings. The van der Waals surface area contributed by atoms with E-state index < -0.39 is 0 Å². The van der Waals surface area contributed by atoms with Crippen molar-refractivity contribution in [2.45, 2.75) is 13.5 Å². The summed E-state index contributed by atoms with van der Waals surface area (Å²) in [6, 6.07) is 5.91. The number of hydrogen-bond acceptors (Lipinski definition) is 4. The molecule has 3 nitrogen and oxygen atoms in total. The van der Waals surface area contributed by atoms with Gasteiger partial charge in [0.15, 0.2) is 0 Å². The van der Waals surface area contributed by atoms with Gasteiger partial charge in [0.2, 0.25) is 0 Å². The molecular weight excluding hydrogens is 250 g/mol. The van der Waals surface area contributed by atoms with Crippen LogP contribution in [0.3, 0.4) is 0 Å². The molecule has 0 atom stereocenters. The third kappa shape index (κ3) is 2.81. The van der Waals surface area contributed by atoms with Crippen LogP contribution >= 0.6 is 23.6 Å². The molecule has 2 aromatic heterocycles. The molecule has 0 radical (unpaired) electrons. The highest BCUT2D eigenvalue weighted by molar-refractivity contribution is 7.80. The second-order valence-corrected chi connectivity index (χ2v) is 5.08. The summed E-state index contributed by atoms with van der Waals surface area (Å²) in [6.45, 7) is 2.87. The monoisotopic (exact) mass is 263 g/mol. The normalized spacial score (nSPS) is 10.2. The lowest BCUT2D eigenvalue weighted by molar-refractivity contribution is 1.15. The average molecular weight is 263 g/mol. The maximum atomic E-state index is 5.62. The van der Waals surface area contributed by atoms with E-state index in [0.29, 0.717) is 10.7 Å². The van der Waals surface area contributed by atoms with Gasteiger partial charge in [0.1, 0.15) is 10.7 Å². The Morgan fingerprint density at radius 3 is 3.00 bits per heavy atom. The Balaban J connectivity index is 2.14. The molecule has 5 heteroatoms. The maximum absolute atomic E-state index is 5.62. The second-order valence-electron chi connectivity index (χ2n) is 3.64. The van der Waals surface area contributed by atoms with Crippen molar-refractivity contribution in [1.29, 1.82) is 0 Å². The van der Waals surface area contributed by atoms with E-state index in [4.69, 9.17) is 18.0 Å². The summed E-state index contributed by atoms with van der Waals surface area (Å²) in [7, 11) is 0. The molecule has 2 rings (SSSR count). The van der Waals surface area contributed by atoms with E-state index in [1.165, 1.54) is 10.4 Å². The van der Waals surface area contributed by atoms with Crippen LogP contribution in [0.25, 0.3) is 0 Å². The van der Waals surface area contributed by atoms with Gasteiger partial charge in [-0.2, -0.15) is 0 Å². The lowest BCUT2D eigenvalue weighted by Crippen LogP contribution is -2.15. The molecule has 0 saturated carbocycles. The summed E-state index contributed by atoms with van der Waals surface area (Å²) < 4.78 is 0. The third-order valence-corrected chi connectivity index (χ3v) is 3.67. The van der Waals surface area contributed by atoms with Crippen molar-refractivity contribution in [3.63, 3.8) is 0 Å². The van der Waals surface area contributed by atoms with Crippen LogP contribution < -0.4 is 11.1 Å². The third-order valence-electron chi connectivity index (χ3n) is 2.45. The van der Waals surface area contributed by atoms with Gasteiger partial charge in [0.05, 0.1) is 5.69 Å². The first-order valence-corrected chi connectivity index (χ1v) is 6.49. The zero-order chi connectivity index (χ0) is 12.3. The molecular formula is C12H13N3S2. The average Bonchev–Trinajstić information content (AvgIpc) is 2.72. The highest BCUT2D eigenvalue weighted by Crippen LogP contribution is 2.19. The molecule has 0 fully saturated rings. The Morgan fingerprint density at radius 1 is 1.53 bits per heavy atom. The maximum Gasteiger partial charge on any atom is 0.124 e. The highest BCUT2D eigenvalue weighted by Gasteiger charge is 2.06. The number of aryl methyl sites for hydroxylation is 1. The van der Waals surface area contributed by atoms with Gasteiger partial charge in [-0.25, -0.2) is 0 Å². The zero-order valence-electron chi connectivity index (χ0n) is 9.43. The molecule has 0 spiro atoms. The van der Waals surface area contributed by atoms with E-state index in [-0.39, 0.29) is 0 Å². The Kier molecular flexibility index (Phi) is 3.71. The van der Waals surface area contributed by atoms with Gasteiger partial charge in [-0.3, -0.25) is 4.98 Å². The number of nitrogens with two attached hydrogens (primary N) is 1. The van der Waals surface area contributed by atoms with Crippen LogP contribution in [-0.2, 0) is 6.54 Å². The molecule has 0 aliphatic carbocycles. The van der Waals surface area contributed by atoms with E-state index >= 15 is 0 Å². The van der Waals surface area contributed by atoms with Crippen molar-refractivity contribution in [3.05, 3.63) is 45.9 Å². The number of thiocarbonyl (C=S) groups is 1. The van der Waals surface area contributed by atoms with Crippen molar-refractivity contribution in [1.82, 2.24) is 4.98 Å². The summed E-state index contributed by atoms with van der Waals surface area (Å²) in [4.78, 5) is 5.80. The molecule has 0 aromatic carbocycles. The van der Waals surface area contributed by atoms with Crippen molar-refractivity contribution >= 4 is 34.2 Å². The van der Waals surface area contributed by atoms with Crippen molar-refractivity contribution in [3.8, 4) is 0 Å². The van der Waals surface area contributed by atoms with Gasteiger partial charge < -0.3 is 11.1 Å². The summed E-state index contributed by atoms with van der Waals surface area (Å²) in [5.74, 6) is 0. The number of hydrogen-bond donors (Lipinski definition) is 2. The minimum atomic E-state index is 0.316. The zero-order valence-corrected chi connectivity index (χ0v) is 11.1. The fraction of sp³-hybridized carbons (Fsp3) is 0.167. The SMILES string of the molecule is Cc1ccsc1CNc1cccnc1C(N)=S. The number of aromatic nitrogens is 1. The van der Waals surface area contributed by atoms with Gasteiger partial charge >= 0.3 is 0 Å². The minimum absolute atomic E-state index is 0.316. The number of nitrogens with one attached hydrogen (secondary N) is 1. The molecule has 88 valence electrons. The fourth-order valence-electron chi connectivity index (χ4n) is 1.51. The Hall–Kier alpha value is -1.46. The number of thiophene rings is 1. The number of nitrogens with zero attached hydrogens (tertiary/aromatic N) is 1. The van der Waals surface area contributed by atoms with Gasteiger partial charge in [-0.15, -0.1) is 11.3 Å². The summed E-state index contributed by atoms with van der Waals surface area (Å²) >= 11 is 6.70.